The second kappa shape index (κ2) is 10.8. The van der Waals surface area contributed by atoms with Crippen molar-refractivity contribution in [2.24, 2.45) is 25.4 Å². The highest BCUT2D eigenvalue weighted by Gasteiger charge is 2.06. The second-order valence-corrected chi connectivity index (χ2v) is 8.94. The smallest absolute Gasteiger partial charge is 0.213 e. The topological polar surface area (TPSA) is 65.0 Å². The molecule has 1 heterocycles. The summed E-state index contributed by atoms with van der Waals surface area (Å²) in [5.41, 5.74) is 3.97. The molecular weight excluding hydrogens is 527 g/mol. The van der Waals surface area contributed by atoms with Gasteiger partial charge in [0, 0.05) is 47.3 Å². The normalized spacial score (nSPS) is 12.2. The van der Waals surface area contributed by atoms with Gasteiger partial charge in [0.1, 0.15) is 10.0 Å². The molecule has 30 heavy (non-hydrogen) atoms. The van der Waals surface area contributed by atoms with E-state index in [2.05, 4.69) is 79.7 Å². The van der Waals surface area contributed by atoms with Crippen LogP contribution in [0.3, 0.4) is 0 Å². The fraction of sp³-hybridized carbons (Fsp3) is 0.190. The maximum atomic E-state index is 4.49. The average molecular weight is 548 g/mol. The first-order valence-corrected chi connectivity index (χ1v) is 11.6. The van der Waals surface area contributed by atoms with Crippen LogP contribution in [0, 0.1) is 0 Å². The second-order valence-electron chi connectivity index (χ2n) is 6.49. The van der Waals surface area contributed by atoms with Crippen LogP contribution in [0.25, 0.3) is 0 Å². The number of halogens is 1. The van der Waals surface area contributed by atoms with Crippen molar-refractivity contribution in [3.8, 4) is 0 Å². The third-order valence-electron chi connectivity index (χ3n) is 4.10. The Labute approximate surface area is 199 Å². The van der Waals surface area contributed by atoms with Crippen molar-refractivity contribution in [1.29, 1.82) is 0 Å². The number of nitrogens with zero attached hydrogens (tertiary/aromatic N) is 6. The van der Waals surface area contributed by atoms with E-state index in [0.717, 1.165) is 38.4 Å². The zero-order chi connectivity index (χ0) is 21.5. The molecule has 0 radical (unpaired) electrons. The molecule has 3 aromatic rings. The van der Waals surface area contributed by atoms with Gasteiger partial charge in [0.25, 0.3) is 0 Å². The van der Waals surface area contributed by atoms with E-state index < -0.39 is 0 Å². The zero-order valence-electron chi connectivity index (χ0n) is 16.8. The fourth-order valence-electron chi connectivity index (χ4n) is 2.42. The fourth-order valence-corrected chi connectivity index (χ4v) is 4.08. The molecule has 0 atom stereocenters. The van der Waals surface area contributed by atoms with Gasteiger partial charge >= 0.3 is 0 Å². The van der Waals surface area contributed by atoms with Crippen molar-refractivity contribution >= 4 is 77.5 Å². The Morgan fingerprint density at radius 3 is 2.23 bits per heavy atom. The molecule has 154 valence electrons. The van der Waals surface area contributed by atoms with E-state index in [-0.39, 0.29) is 0 Å². The van der Waals surface area contributed by atoms with E-state index in [4.69, 9.17) is 0 Å². The van der Waals surface area contributed by atoms with Crippen LogP contribution in [0.5, 0.6) is 0 Å². The number of thiol groups is 1. The third kappa shape index (κ3) is 6.44. The van der Waals surface area contributed by atoms with E-state index >= 15 is 0 Å². The molecule has 2 aromatic carbocycles. The van der Waals surface area contributed by atoms with Crippen LogP contribution in [0.15, 0.2) is 84.9 Å². The van der Waals surface area contributed by atoms with Gasteiger partial charge in [0.15, 0.2) is 0 Å². The summed E-state index contributed by atoms with van der Waals surface area (Å²) in [6, 6.07) is 17.7. The summed E-state index contributed by atoms with van der Waals surface area (Å²) in [4.78, 5) is 7.26. The minimum Gasteiger partial charge on any atom is -0.378 e. The number of hydrogen-bond donors (Lipinski definition) is 1. The molecule has 0 unspecified atom stereocenters. The van der Waals surface area contributed by atoms with Crippen LogP contribution in [0.4, 0.5) is 27.1 Å². The Morgan fingerprint density at radius 1 is 0.967 bits per heavy atom. The summed E-state index contributed by atoms with van der Waals surface area (Å²) < 4.78 is 0.514. The molecule has 0 saturated heterocycles. The molecule has 0 spiro atoms. The summed E-state index contributed by atoms with van der Waals surface area (Å²) in [7, 11) is 4.00. The van der Waals surface area contributed by atoms with Crippen LogP contribution in [0.1, 0.15) is 12.5 Å². The molecule has 0 bridgehead atoms. The number of benzene rings is 2. The first-order chi connectivity index (χ1) is 14.4. The average Bonchev–Trinajstić information content (AvgIpc) is 3.10. The standard InChI is InChI=1S/C21H21IN6S2/c1-4-14-5-7-15(8-6-14)24-26-19-13-18(29)20(30-19)23-21(22)27-25-16-9-11-17(12-10-16)28(2)3/h5-13,29H,4H2,1-3H3. The van der Waals surface area contributed by atoms with E-state index in [1.54, 1.807) is 0 Å². The third-order valence-corrected chi connectivity index (χ3v) is 5.96. The highest BCUT2D eigenvalue weighted by molar-refractivity contribution is 14.1. The molecule has 0 aliphatic rings. The molecule has 0 aliphatic heterocycles. The number of rotatable bonds is 6. The predicted octanol–water partition coefficient (Wildman–Crippen LogP) is 8.29. The Morgan fingerprint density at radius 2 is 1.60 bits per heavy atom. The Balaban J connectivity index is 1.68. The van der Waals surface area contributed by atoms with E-state index in [0.29, 0.717) is 3.84 Å². The van der Waals surface area contributed by atoms with Gasteiger partial charge in [-0.3, -0.25) is 0 Å². The number of azo groups is 2. The number of thiophene rings is 1. The lowest BCUT2D eigenvalue weighted by Gasteiger charge is -2.11. The van der Waals surface area contributed by atoms with Gasteiger partial charge in [0.2, 0.25) is 3.84 Å². The molecule has 3 rings (SSSR count). The van der Waals surface area contributed by atoms with Gasteiger partial charge in [-0.15, -0.1) is 33.1 Å². The van der Waals surface area contributed by atoms with E-state index in [1.807, 2.05) is 61.5 Å². The Hall–Kier alpha value is -2.11. The number of hydrogen-bond acceptors (Lipinski definition) is 7. The minimum absolute atomic E-state index is 0.514. The summed E-state index contributed by atoms with van der Waals surface area (Å²) in [5.74, 6) is 0. The van der Waals surface area contributed by atoms with Crippen molar-refractivity contribution in [3.05, 3.63) is 60.2 Å². The maximum Gasteiger partial charge on any atom is 0.213 e. The quantitative estimate of drug-likeness (QED) is 0.0827. The number of aryl methyl sites for hydroxylation is 1. The van der Waals surface area contributed by atoms with Crippen molar-refractivity contribution < 1.29 is 0 Å². The zero-order valence-corrected chi connectivity index (χ0v) is 20.7. The van der Waals surface area contributed by atoms with Crippen LogP contribution in [-0.4, -0.2) is 17.9 Å². The van der Waals surface area contributed by atoms with Crippen molar-refractivity contribution in [1.82, 2.24) is 0 Å². The highest BCUT2D eigenvalue weighted by atomic mass is 127. The number of amidine groups is 1. The maximum absolute atomic E-state index is 4.49. The van der Waals surface area contributed by atoms with Gasteiger partial charge in [-0.2, -0.15) is 0 Å². The Bertz CT molecular complexity index is 1070. The Kier molecular flexibility index (Phi) is 8.11. The highest BCUT2D eigenvalue weighted by Crippen LogP contribution is 2.39. The SMILES string of the molecule is CCc1ccc(N=Nc2cc(S)c(N=C(I)N=Nc3ccc(N(C)C)cc3)s2)cc1. The summed E-state index contributed by atoms with van der Waals surface area (Å²) in [6.45, 7) is 2.13. The molecule has 1 aromatic heterocycles. The first-order valence-electron chi connectivity index (χ1n) is 9.21. The van der Waals surface area contributed by atoms with Crippen molar-refractivity contribution in [2.75, 3.05) is 19.0 Å². The molecule has 9 heteroatoms. The van der Waals surface area contributed by atoms with Gasteiger partial charge in [-0.1, -0.05) is 30.4 Å². The van der Waals surface area contributed by atoms with Crippen LogP contribution >= 0.6 is 46.6 Å². The van der Waals surface area contributed by atoms with Gasteiger partial charge < -0.3 is 4.90 Å². The largest absolute Gasteiger partial charge is 0.378 e. The molecule has 6 nitrogen and oxygen atoms in total. The van der Waals surface area contributed by atoms with Gasteiger partial charge in [0.05, 0.1) is 11.4 Å². The monoisotopic (exact) mass is 548 g/mol. The molecule has 0 amide bonds. The summed E-state index contributed by atoms with van der Waals surface area (Å²) >= 11 is 7.95. The minimum atomic E-state index is 0.514. The van der Waals surface area contributed by atoms with E-state index in [9.17, 15) is 0 Å². The van der Waals surface area contributed by atoms with E-state index in [1.165, 1.54) is 16.9 Å². The molecular formula is C21H21IN6S2. The van der Waals surface area contributed by atoms with Crippen LogP contribution in [-0.2, 0) is 6.42 Å². The summed E-state index contributed by atoms with van der Waals surface area (Å²) in [6.07, 6.45) is 1.00. The predicted molar refractivity (Wildman–Crippen MR) is 138 cm³/mol. The lowest BCUT2D eigenvalue weighted by molar-refractivity contribution is 1.13. The lowest BCUT2D eigenvalue weighted by Crippen LogP contribution is -2.07. The first kappa shape index (κ1) is 22.6. The molecule has 0 fully saturated rings. The van der Waals surface area contributed by atoms with Crippen molar-refractivity contribution in [2.45, 2.75) is 18.2 Å². The number of anilines is 1. The van der Waals surface area contributed by atoms with Crippen LogP contribution in [0.2, 0.25) is 0 Å². The lowest BCUT2D eigenvalue weighted by atomic mass is 10.2. The molecule has 0 aliphatic carbocycles. The van der Waals surface area contributed by atoms with Gasteiger partial charge in [-0.25, -0.2) is 4.99 Å². The summed E-state index contributed by atoms with van der Waals surface area (Å²) in [5, 5.41) is 18.5. The van der Waals surface area contributed by atoms with Crippen LogP contribution < -0.4 is 4.90 Å². The number of aliphatic imine (C=N–C) groups is 1. The van der Waals surface area contributed by atoms with Gasteiger partial charge in [-0.05, 0) is 54.4 Å². The molecule has 0 N–H and O–H groups in total. The van der Waals surface area contributed by atoms with Crippen molar-refractivity contribution in [3.63, 3.8) is 0 Å². The molecule has 0 saturated carbocycles.